The monoisotopic (exact) mass is 300 g/mol. The van der Waals surface area contributed by atoms with Crippen LogP contribution in [0.5, 0.6) is 0 Å². The Bertz CT molecular complexity index is 573. The average molecular weight is 300 g/mol. The van der Waals surface area contributed by atoms with Gasteiger partial charge in [-0.2, -0.15) is 5.10 Å². The van der Waals surface area contributed by atoms with Crippen LogP contribution < -0.4 is 10.5 Å². The van der Waals surface area contributed by atoms with Crippen LogP contribution in [-0.2, 0) is 10.0 Å². The largest absolute Gasteiger partial charge is 0.387 e. The molecular formula is C11H20N6O2S. The maximum Gasteiger partial charge on any atom is 0.244 e. The molecule has 2 heterocycles. The number of H-pyrrole nitrogens is 1. The average Bonchev–Trinajstić information content (AvgIpc) is 2.78. The zero-order chi connectivity index (χ0) is 14.8. The van der Waals surface area contributed by atoms with Gasteiger partial charge >= 0.3 is 0 Å². The molecule has 20 heavy (non-hydrogen) atoms. The van der Waals surface area contributed by atoms with Crippen molar-refractivity contribution in [2.24, 2.45) is 5.73 Å². The zero-order valence-electron chi connectivity index (χ0n) is 11.4. The summed E-state index contributed by atoms with van der Waals surface area (Å²) in [6, 6.07) is -0.0856. The minimum atomic E-state index is -3.52. The summed E-state index contributed by atoms with van der Waals surface area (Å²) in [6.45, 7) is 3.59. The first-order valence-corrected chi connectivity index (χ1v) is 7.94. The Hall–Kier alpha value is -1.45. The van der Waals surface area contributed by atoms with Crippen molar-refractivity contribution in [2.75, 3.05) is 19.6 Å². The van der Waals surface area contributed by atoms with Crippen LogP contribution in [0.4, 0.5) is 0 Å². The van der Waals surface area contributed by atoms with Crippen molar-refractivity contribution in [3.8, 4) is 0 Å². The molecule has 0 radical (unpaired) electrons. The third-order valence-electron chi connectivity index (χ3n) is 3.38. The van der Waals surface area contributed by atoms with Crippen LogP contribution in [-0.4, -0.2) is 55.0 Å². The van der Waals surface area contributed by atoms with Gasteiger partial charge in [-0.15, -0.1) is 0 Å². The van der Waals surface area contributed by atoms with E-state index in [1.165, 1.54) is 6.20 Å². The molecular weight excluding hydrogens is 280 g/mol. The van der Waals surface area contributed by atoms with Gasteiger partial charge in [-0.1, -0.05) is 0 Å². The van der Waals surface area contributed by atoms with Crippen LogP contribution in [0.25, 0.3) is 0 Å². The molecule has 1 aliphatic rings. The standard InChI is InChI=1S/C11H20N6O2S/c1-8-10(6-14-15-8)20(18,19)16-9-2-4-17(5-3-9)7-11(12)13/h6,9,16H,2-5,7H2,1H3,(H3,12,13)(H,14,15). The summed E-state index contributed by atoms with van der Waals surface area (Å²) >= 11 is 0. The normalized spacial score (nSPS) is 18.2. The lowest BCUT2D eigenvalue weighted by Gasteiger charge is -2.31. The minimum absolute atomic E-state index is 0.0856. The van der Waals surface area contributed by atoms with Gasteiger partial charge in [0.25, 0.3) is 0 Å². The number of aromatic amines is 1. The van der Waals surface area contributed by atoms with E-state index in [9.17, 15) is 8.42 Å². The summed E-state index contributed by atoms with van der Waals surface area (Å²) in [5.74, 6) is 0.137. The number of hydrogen-bond acceptors (Lipinski definition) is 5. The van der Waals surface area contributed by atoms with E-state index in [0.717, 1.165) is 13.1 Å². The number of likely N-dealkylation sites (tertiary alicyclic amines) is 1. The highest BCUT2D eigenvalue weighted by atomic mass is 32.2. The topological polar surface area (TPSA) is 128 Å². The summed E-state index contributed by atoms with van der Waals surface area (Å²) < 4.78 is 27.1. The van der Waals surface area contributed by atoms with Crippen molar-refractivity contribution in [3.63, 3.8) is 0 Å². The lowest BCUT2D eigenvalue weighted by molar-refractivity contribution is 0.231. The molecule has 8 nitrogen and oxygen atoms in total. The van der Waals surface area contributed by atoms with E-state index in [1.807, 2.05) is 0 Å². The second-order valence-electron chi connectivity index (χ2n) is 5.06. The van der Waals surface area contributed by atoms with E-state index in [-0.39, 0.29) is 16.8 Å². The third-order valence-corrected chi connectivity index (χ3v) is 5.01. The van der Waals surface area contributed by atoms with Gasteiger partial charge in [0.1, 0.15) is 10.7 Å². The van der Waals surface area contributed by atoms with Crippen LogP contribution in [0.15, 0.2) is 11.1 Å². The molecule has 0 atom stereocenters. The van der Waals surface area contributed by atoms with Crippen molar-refractivity contribution >= 4 is 15.9 Å². The second kappa shape index (κ2) is 5.90. The molecule has 2 rings (SSSR count). The fourth-order valence-electron chi connectivity index (χ4n) is 2.34. The molecule has 1 aliphatic heterocycles. The number of hydrogen-bond donors (Lipinski definition) is 4. The fourth-order valence-corrected chi connectivity index (χ4v) is 3.79. The summed E-state index contributed by atoms with van der Waals surface area (Å²) in [4.78, 5) is 2.25. The molecule has 0 bridgehead atoms. The Kier molecular flexibility index (Phi) is 4.41. The Balaban J connectivity index is 1.93. The molecule has 0 saturated carbocycles. The number of aryl methyl sites for hydroxylation is 1. The quantitative estimate of drug-likeness (QED) is 0.426. The van der Waals surface area contributed by atoms with Gasteiger partial charge < -0.3 is 5.73 Å². The van der Waals surface area contributed by atoms with Gasteiger partial charge in [-0.25, -0.2) is 13.1 Å². The molecule has 0 amide bonds. The Morgan fingerprint density at radius 3 is 2.75 bits per heavy atom. The SMILES string of the molecule is Cc1[nH]ncc1S(=O)(=O)NC1CCN(CC(=N)N)CC1. The van der Waals surface area contributed by atoms with Crippen molar-refractivity contribution < 1.29 is 8.42 Å². The first-order valence-electron chi connectivity index (χ1n) is 6.46. The van der Waals surface area contributed by atoms with Crippen LogP contribution in [0.3, 0.4) is 0 Å². The van der Waals surface area contributed by atoms with E-state index in [2.05, 4.69) is 19.8 Å². The van der Waals surface area contributed by atoms with Gasteiger partial charge in [0.05, 0.1) is 18.4 Å². The lowest BCUT2D eigenvalue weighted by Crippen LogP contribution is -2.46. The highest BCUT2D eigenvalue weighted by molar-refractivity contribution is 7.89. The number of rotatable bonds is 5. The first kappa shape index (κ1) is 14.9. The molecule has 5 N–H and O–H groups in total. The number of aromatic nitrogens is 2. The van der Waals surface area contributed by atoms with E-state index in [1.54, 1.807) is 6.92 Å². The molecule has 0 unspecified atom stereocenters. The van der Waals surface area contributed by atoms with Crippen molar-refractivity contribution in [1.29, 1.82) is 5.41 Å². The van der Waals surface area contributed by atoms with Crippen molar-refractivity contribution in [3.05, 3.63) is 11.9 Å². The van der Waals surface area contributed by atoms with Crippen molar-refractivity contribution in [2.45, 2.75) is 30.7 Å². The Morgan fingerprint density at radius 2 is 2.25 bits per heavy atom. The number of piperidine rings is 1. The molecule has 0 aromatic carbocycles. The molecule has 1 fully saturated rings. The van der Waals surface area contributed by atoms with Crippen LogP contribution in [0.2, 0.25) is 0 Å². The summed E-state index contributed by atoms with van der Waals surface area (Å²) in [6.07, 6.45) is 2.75. The number of sulfonamides is 1. The highest BCUT2D eigenvalue weighted by Gasteiger charge is 2.26. The molecule has 0 spiro atoms. The van der Waals surface area contributed by atoms with Gasteiger partial charge in [0, 0.05) is 19.1 Å². The molecule has 1 aromatic rings. The van der Waals surface area contributed by atoms with Crippen molar-refractivity contribution in [1.82, 2.24) is 19.8 Å². The van der Waals surface area contributed by atoms with Crippen LogP contribution in [0, 0.1) is 12.3 Å². The van der Waals surface area contributed by atoms with Gasteiger partial charge in [-0.3, -0.25) is 15.4 Å². The predicted molar refractivity (Wildman–Crippen MR) is 75.0 cm³/mol. The van der Waals surface area contributed by atoms with Crippen LogP contribution >= 0.6 is 0 Å². The van der Waals surface area contributed by atoms with Gasteiger partial charge in [0.2, 0.25) is 10.0 Å². The number of nitrogens with one attached hydrogen (secondary N) is 3. The fraction of sp³-hybridized carbons (Fsp3) is 0.636. The maximum atomic E-state index is 12.2. The zero-order valence-corrected chi connectivity index (χ0v) is 12.2. The van der Waals surface area contributed by atoms with E-state index < -0.39 is 10.0 Å². The maximum absolute atomic E-state index is 12.2. The minimum Gasteiger partial charge on any atom is -0.387 e. The Labute approximate surface area is 118 Å². The van der Waals surface area contributed by atoms with E-state index in [4.69, 9.17) is 11.1 Å². The lowest BCUT2D eigenvalue weighted by atomic mass is 10.1. The third kappa shape index (κ3) is 3.56. The first-order chi connectivity index (χ1) is 9.38. The number of amidine groups is 1. The summed E-state index contributed by atoms with van der Waals surface area (Å²) in [7, 11) is -3.52. The van der Waals surface area contributed by atoms with E-state index >= 15 is 0 Å². The summed E-state index contributed by atoms with van der Waals surface area (Å²) in [5, 5.41) is 13.6. The van der Waals surface area contributed by atoms with E-state index in [0.29, 0.717) is 25.1 Å². The number of nitrogens with two attached hydrogens (primary N) is 1. The predicted octanol–water partition coefficient (Wildman–Crippen LogP) is -0.603. The summed E-state index contributed by atoms with van der Waals surface area (Å²) in [5.41, 5.74) is 5.89. The van der Waals surface area contributed by atoms with Gasteiger partial charge in [-0.05, 0) is 19.8 Å². The van der Waals surface area contributed by atoms with Gasteiger partial charge in [0.15, 0.2) is 0 Å². The molecule has 1 aromatic heterocycles. The number of nitrogens with zero attached hydrogens (tertiary/aromatic N) is 2. The Morgan fingerprint density at radius 1 is 1.60 bits per heavy atom. The molecule has 112 valence electrons. The highest BCUT2D eigenvalue weighted by Crippen LogP contribution is 2.16. The smallest absolute Gasteiger partial charge is 0.244 e. The molecule has 9 heteroatoms. The molecule has 1 saturated heterocycles. The van der Waals surface area contributed by atoms with Crippen LogP contribution in [0.1, 0.15) is 18.5 Å². The molecule has 0 aliphatic carbocycles. The second-order valence-corrected chi connectivity index (χ2v) is 6.74.